The summed E-state index contributed by atoms with van der Waals surface area (Å²) < 4.78 is 10.5. The lowest BCUT2D eigenvalue weighted by atomic mass is 10.2. The van der Waals surface area contributed by atoms with E-state index in [4.69, 9.17) is 9.47 Å². The Hall–Kier alpha value is -1.48. The first-order chi connectivity index (χ1) is 8.67. The van der Waals surface area contributed by atoms with Crippen molar-refractivity contribution in [3.63, 3.8) is 0 Å². The number of benzene rings is 1. The summed E-state index contributed by atoms with van der Waals surface area (Å²) in [5.74, 6) is 2.20. The molecule has 0 heterocycles. The summed E-state index contributed by atoms with van der Waals surface area (Å²) in [6.07, 6.45) is 4.19. The Kier molecular flexibility index (Phi) is 6.29. The van der Waals surface area contributed by atoms with Crippen molar-refractivity contribution in [2.75, 3.05) is 27.3 Å². The summed E-state index contributed by atoms with van der Waals surface area (Å²) in [7, 11) is 3.29. The molecular formula is C15H23NO2. The predicted octanol–water partition coefficient (Wildman–Crippen LogP) is 2.96. The second-order valence-electron chi connectivity index (χ2n) is 4.57. The number of methoxy groups -OCH3 is 2. The van der Waals surface area contributed by atoms with Crippen molar-refractivity contribution >= 4 is 6.08 Å². The van der Waals surface area contributed by atoms with Crippen molar-refractivity contribution in [1.29, 1.82) is 0 Å². The van der Waals surface area contributed by atoms with Crippen molar-refractivity contribution < 1.29 is 9.47 Å². The minimum absolute atomic E-state index is 0.680. The Labute approximate surface area is 110 Å². The van der Waals surface area contributed by atoms with E-state index in [1.165, 1.54) is 0 Å². The summed E-state index contributed by atoms with van der Waals surface area (Å²) in [6, 6.07) is 5.90. The van der Waals surface area contributed by atoms with Gasteiger partial charge < -0.3 is 14.8 Å². The van der Waals surface area contributed by atoms with Crippen LogP contribution in [0.15, 0.2) is 24.3 Å². The SMILES string of the molecule is COc1ccc(C=CCNCC(C)C)cc1OC. The number of rotatable bonds is 7. The molecule has 0 bridgehead atoms. The van der Waals surface area contributed by atoms with Crippen LogP contribution < -0.4 is 14.8 Å². The Bertz CT molecular complexity index is 386. The van der Waals surface area contributed by atoms with Crippen molar-refractivity contribution in [1.82, 2.24) is 5.32 Å². The van der Waals surface area contributed by atoms with Crippen molar-refractivity contribution in [2.24, 2.45) is 5.92 Å². The highest BCUT2D eigenvalue weighted by Gasteiger charge is 2.02. The molecule has 3 nitrogen and oxygen atoms in total. The Morgan fingerprint density at radius 1 is 1.17 bits per heavy atom. The van der Waals surface area contributed by atoms with Gasteiger partial charge in [0, 0.05) is 6.54 Å². The van der Waals surface area contributed by atoms with Crippen LogP contribution in [0.3, 0.4) is 0 Å². The molecule has 0 unspecified atom stereocenters. The third kappa shape index (κ3) is 4.80. The smallest absolute Gasteiger partial charge is 0.161 e. The molecule has 1 rings (SSSR count). The molecule has 0 fully saturated rings. The van der Waals surface area contributed by atoms with Gasteiger partial charge in [-0.25, -0.2) is 0 Å². The third-order valence-corrected chi connectivity index (χ3v) is 2.53. The molecule has 0 saturated heterocycles. The highest BCUT2D eigenvalue weighted by molar-refractivity contribution is 5.55. The lowest BCUT2D eigenvalue weighted by Gasteiger charge is -2.07. The van der Waals surface area contributed by atoms with Crippen molar-refractivity contribution in [2.45, 2.75) is 13.8 Å². The van der Waals surface area contributed by atoms with E-state index in [9.17, 15) is 0 Å². The number of ether oxygens (including phenoxy) is 2. The van der Waals surface area contributed by atoms with Gasteiger partial charge in [0.25, 0.3) is 0 Å². The lowest BCUT2D eigenvalue weighted by Crippen LogP contribution is -2.19. The van der Waals surface area contributed by atoms with E-state index in [0.717, 1.165) is 30.2 Å². The second-order valence-corrected chi connectivity index (χ2v) is 4.57. The van der Waals surface area contributed by atoms with Crippen LogP contribution >= 0.6 is 0 Å². The molecule has 18 heavy (non-hydrogen) atoms. The second kappa shape index (κ2) is 7.77. The van der Waals surface area contributed by atoms with Crippen LogP contribution in [0.2, 0.25) is 0 Å². The molecule has 0 aliphatic heterocycles. The van der Waals surface area contributed by atoms with Gasteiger partial charge in [0.05, 0.1) is 14.2 Å². The molecule has 0 atom stereocenters. The largest absolute Gasteiger partial charge is 0.493 e. The summed E-state index contributed by atoms with van der Waals surface area (Å²) >= 11 is 0. The molecule has 0 radical (unpaired) electrons. The first-order valence-corrected chi connectivity index (χ1v) is 6.26. The Balaban J connectivity index is 2.54. The molecule has 1 aromatic carbocycles. The van der Waals surface area contributed by atoms with Gasteiger partial charge in [-0.05, 0) is 30.2 Å². The summed E-state index contributed by atoms with van der Waals surface area (Å²) in [6.45, 7) is 6.32. The number of nitrogens with one attached hydrogen (secondary N) is 1. The van der Waals surface area contributed by atoms with Gasteiger partial charge in [0.1, 0.15) is 0 Å². The van der Waals surface area contributed by atoms with E-state index < -0.39 is 0 Å². The number of hydrogen-bond acceptors (Lipinski definition) is 3. The molecule has 100 valence electrons. The molecule has 0 saturated carbocycles. The highest BCUT2D eigenvalue weighted by Crippen LogP contribution is 2.27. The highest BCUT2D eigenvalue weighted by atomic mass is 16.5. The summed E-state index contributed by atoms with van der Waals surface area (Å²) in [4.78, 5) is 0. The molecule has 0 aliphatic rings. The zero-order valence-electron chi connectivity index (χ0n) is 11.7. The molecule has 0 spiro atoms. The van der Waals surface area contributed by atoms with Gasteiger partial charge >= 0.3 is 0 Å². The Morgan fingerprint density at radius 3 is 2.50 bits per heavy atom. The fourth-order valence-electron chi connectivity index (χ4n) is 1.61. The van der Waals surface area contributed by atoms with Gasteiger partial charge in [0.15, 0.2) is 11.5 Å². The van der Waals surface area contributed by atoms with Crippen molar-refractivity contribution in [3.8, 4) is 11.5 Å². The minimum atomic E-state index is 0.680. The maximum Gasteiger partial charge on any atom is 0.161 e. The standard InChI is InChI=1S/C15H23NO2/c1-12(2)11-16-9-5-6-13-7-8-14(17-3)15(10-13)18-4/h5-8,10,12,16H,9,11H2,1-4H3. The molecule has 0 aromatic heterocycles. The first kappa shape index (κ1) is 14.6. The fourth-order valence-corrected chi connectivity index (χ4v) is 1.61. The molecule has 3 heteroatoms. The zero-order valence-corrected chi connectivity index (χ0v) is 11.7. The van der Waals surface area contributed by atoms with Gasteiger partial charge in [0.2, 0.25) is 0 Å². The van der Waals surface area contributed by atoms with Crippen LogP contribution in [-0.4, -0.2) is 27.3 Å². The minimum Gasteiger partial charge on any atom is -0.493 e. The zero-order chi connectivity index (χ0) is 13.4. The monoisotopic (exact) mass is 249 g/mol. The van der Waals surface area contributed by atoms with Crippen LogP contribution in [0.5, 0.6) is 11.5 Å². The van der Waals surface area contributed by atoms with E-state index in [0.29, 0.717) is 5.92 Å². The maximum atomic E-state index is 5.26. The Morgan fingerprint density at radius 2 is 1.89 bits per heavy atom. The van der Waals surface area contributed by atoms with E-state index in [-0.39, 0.29) is 0 Å². The predicted molar refractivity (Wildman–Crippen MR) is 76.3 cm³/mol. The quantitative estimate of drug-likeness (QED) is 0.754. The van der Waals surface area contributed by atoms with Gasteiger partial charge in [-0.2, -0.15) is 0 Å². The fraction of sp³-hybridized carbons (Fsp3) is 0.467. The van der Waals surface area contributed by atoms with Gasteiger partial charge in [-0.15, -0.1) is 0 Å². The van der Waals surface area contributed by atoms with Gasteiger partial charge in [-0.3, -0.25) is 0 Å². The third-order valence-electron chi connectivity index (χ3n) is 2.53. The van der Waals surface area contributed by atoms with Gasteiger partial charge in [-0.1, -0.05) is 32.1 Å². The van der Waals surface area contributed by atoms with Crippen LogP contribution in [-0.2, 0) is 0 Å². The normalized spacial score (nSPS) is 11.2. The van der Waals surface area contributed by atoms with Crippen LogP contribution in [0.4, 0.5) is 0 Å². The number of hydrogen-bond donors (Lipinski definition) is 1. The maximum absolute atomic E-state index is 5.26. The molecular weight excluding hydrogens is 226 g/mol. The summed E-state index contributed by atoms with van der Waals surface area (Å²) in [5.41, 5.74) is 1.11. The van der Waals surface area contributed by atoms with E-state index in [1.54, 1.807) is 14.2 Å². The topological polar surface area (TPSA) is 30.5 Å². The molecule has 0 aliphatic carbocycles. The lowest BCUT2D eigenvalue weighted by molar-refractivity contribution is 0.355. The van der Waals surface area contributed by atoms with Crippen LogP contribution in [0.25, 0.3) is 6.08 Å². The van der Waals surface area contributed by atoms with Crippen LogP contribution in [0, 0.1) is 5.92 Å². The first-order valence-electron chi connectivity index (χ1n) is 6.26. The average molecular weight is 249 g/mol. The van der Waals surface area contributed by atoms with E-state index in [2.05, 4.69) is 31.3 Å². The average Bonchev–Trinajstić information content (AvgIpc) is 2.37. The van der Waals surface area contributed by atoms with E-state index >= 15 is 0 Å². The van der Waals surface area contributed by atoms with Crippen molar-refractivity contribution in [3.05, 3.63) is 29.8 Å². The summed E-state index contributed by atoms with van der Waals surface area (Å²) in [5, 5.41) is 3.36. The molecule has 1 N–H and O–H groups in total. The van der Waals surface area contributed by atoms with Crippen LogP contribution in [0.1, 0.15) is 19.4 Å². The molecule has 0 amide bonds. The molecule has 1 aromatic rings. The van der Waals surface area contributed by atoms with E-state index in [1.807, 2.05) is 18.2 Å².